The summed E-state index contributed by atoms with van der Waals surface area (Å²) in [6, 6.07) is 6.34. The number of nitrogens with zero attached hydrogens (tertiary/aromatic N) is 2. The van der Waals surface area contributed by atoms with Crippen LogP contribution in [0.3, 0.4) is 0 Å². The molecule has 0 N–H and O–H groups in total. The zero-order valence-corrected chi connectivity index (χ0v) is 8.56. The highest BCUT2D eigenvalue weighted by atomic mass is 19.1. The van der Waals surface area contributed by atoms with Gasteiger partial charge in [-0.25, -0.2) is 4.39 Å². The van der Waals surface area contributed by atoms with Crippen LogP contribution in [0, 0.1) is 5.82 Å². The van der Waals surface area contributed by atoms with E-state index >= 15 is 0 Å². The van der Waals surface area contributed by atoms with E-state index in [4.69, 9.17) is 4.84 Å². The lowest BCUT2D eigenvalue weighted by atomic mass is 10.2. The molecule has 0 aliphatic carbocycles. The van der Waals surface area contributed by atoms with E-state index in [2.05, 4.69) is 10.1 Å². The Balaban J connectivity index is 2.36. The van der Waals surface area contributed by atoms with Crippen LogP contribution in [-0.2, 0) is 11.4 Å². The molecule has 80 valence electrons. The van der Waals surface area contributed by atoms with Crippen molar-refractivity contribution in [2.75, 3.05) is 6.61 Å². The second-order valence-electron chi connectivity index (χ2n) is 2.79. The van der Waals surface area contributed by atoms with Crippen molar-refractivity contribution in [2.24, 2.45) is 10.1 Å². The molecule has 0 radical (unpaired) electrons. The Hall–Kier alpha value is -1.71. The average molecular weight is 208 g/mol. The summed E-state index contributed by atoms with van der Waals surface area (Å²) in [5, 5.41) is 3.59. The van der Waals surface area contributed by atoms with Crippen LogP contribution < -0.4 is 0 Å². The maximum atomic E-state index is 12.7. The molecule has 0 saturated heterocycles. The number of halogens is 1. The number of hydrogen-bond acceptors (Lipinski definition) is 3. The molecular formula is C11H13FN2O. The maximum Gasteiger partial charge on any atom is 0.123 e. The summed E-state index contributed by atoms with van der Waals surface area (Å²) >= 11 is 0. The fourth-order valence-corrected chi connectivity index (χ4v) is 0.985. The van der Waals surface area contributed by atoms with Crippen molar-refractivity contribution in [1.29, 1.82) is 0 Å². The van der Waals surface area contributed by atoms with Crippen LogP contribution in [-0.4, -0.2) is 19.0 Å². The molecule has 0 heterocycles. The number of benzene rings is 1. The van der Waals surface area contributed by atoms with Gasteiger partial charge in [0.1, 0.15) is 12.4 Å². The van der Waals surface area contributed by atoms with E-state index in [1.165, 1.54) is 24.6 Å². The van der Waals surface area contributed by atoms with E-state index in [-0.39, 0.29) is 5.82 Å². The Morgan fingerprint density at radius 1 is 1.40 bits per heavy atom. The predicted molar refractivity (Wildman–Crippen MR) is 58.7 cm³/mol. The molecule has 0 bridgehead atoms. The summed E-state index contributed by atoms with van der Waals surface area (Å²) in [5.74, 6) is -0.245. The standard InChI is InChI=1S/C11H13FN2O/c1-2-15-14-7-6-13-9-10-4-3-5-11(12)8-10/h3-8H,2,9H2,1H3/b13-6?,14-7+. The summed E-state index contributed by atoms with van der Waals surface area (Å²) in [6.07, 6.45) is 2.99. The Kier molecular flexibility index (Phi) is 5.08. The molecule has 0 aromatic heterocycles. The molecular weight excluding hydrogens is 195 g/mol. The van der Waals surface area contributed by atoms with Gasteiger partial charge in [0.2, 0.25) is 0 Å². The van der Waals surface area contributed by atoms with Gasteiger partial charge in [-0.2, -0.15) is 0 Å². The number of hydrogen-bond donors (Lipinski definition) is 0. The van der Waals surface area contributed by atoms with Crippen molar-refractivity contribution < 1.29 is 9.23 Å². The molecule has 1 aromatic carbocycles. The van der Waals surface area contributed by atoms with E-state index in [9.17, 15) is 4.39 Å². The molecule has 0 aliphatic rings. The third-order valence-electron chi connectivity index (χ3n) is 1.60. The van der Waals surface area contributed by atoms with Crippen LogP contribution in [0.15, 0.2) is 34.4 Å². The van der Waals surface area contributed by atoms with Crippen molar-refractivity contribution >= 4 is 12.4 Å². The van der Waals surface area contributed by atoms with E-state index in [1.807, 2.05) is 13.0 Å². The molecule has 4 heteroatoms. The topological polar surface area (TPSA) is 34.0 Å². The molecule has 0 fully saturated rings. The zero-order chi connectivity index (χ0) is 10.9. The molecule has 3 nitrogen and oxygen atoms in total. The highest BCUT2D eigenvalue weighted by Crippen LogP contribution is 2.03. The lowest BCUT2D eigenvalue weighted by Gasteiger charge is -1.94. The monoisotopic (exact) mass is 208 g/mol. The molecule has 0 unspecified atom stereocenters. The van der Waals surface area contributed by atoms with E-state index in [0.29, 0.717) is 13.2 Å². The zero-order valence-electron chi connectivity index (χ0n) is 8.56. The third kappa shape index (κ3) is 4.90. The second-order valence-corrected chi connectivity index (χ2v) is 2.79. The molecule has 0 saturated carbocycles. The van der Waals surface area contributed by atoms with Crippen LogP contribution in [0.5, 0.6) is 0 Å². The second kappa shape index (κ2) is 6.70. The fourth-order valence-electron chi connectivity index (χ4n) is 0.985. The highest BCUT2D eigenvalue weighted by Gasteiger charge is 1.91. The Morgan fingerprint density at radius 3 is 3.00 bits per heavy atom. The predicted octanol–water partition coefficient (Wildman–Crippen LogP) is 2.42. The first-order valence-corrected chi connectivity index (χ1v) is 4.71. The molecule has 0 spiro atoms. The summed E-state index contributed by atoms with van der Waals surface area (Å²) in [5.41, 5.74) is 0.830. The van der Waals surface area contributed by atoms with Gasteiger partial charge >= 0.3 is 0 Å². The molecule has 15 heavy (non-hydrogen) atoms. The minimum absolute atomic E-state index is 0.245. The average Bonchev–Trinajstić information content (AvgIpc) is 2.23. The first-order chi connectivity index (χ1) is 7.33. The van der Waals surface area contributed by atoms with E-state index < -0.39 is 0 Å². The van der Waals surface area contributed by atoms with Gasteiger partial charge in [0.05, 0.1) is 12.8 Å². The first-order valence-electron chi connectivity index (χ1n) is 4.71. The molecule has 0 atom stereocenters. The minimum Gasteiger partial charge on any atom is -0.396 e. The largest absolute Gasteiger partial charge is 0.396 e. The lowest BCUT2D eigenvalue weighted by Crippen LogP contribution is -1.86. The SMILES string of the molecule is CCO/N=C/C=NCc1cccc(F)c1. The Bertz CT molecular complexity index is 350. The summed E-state index contributed by atoms with van der Waals surface area (Å²) in [6.45, 7) is 2.82. The van der Waals surface area contributed by atoms with Gasteiger partial charge in [-0.1, -0.05) is 17.3 Å². The lowest BCUT2D eigenvalue weighted by molar-refractivity contribution is 0.161. The first kappa shape index (κ1) is 11.4. The third-order valence-corrected chi connectivity index (χ3v) is 1.60. The van der Waals surface area contributed by atoms with Crippen molar-refractivity contribution in [1.82, 2.24) is 0 Å². The molecule has 0 amide bonds. The summed E-state index contributed by atoms with van der Waals surface area (Å²) < 4.78 is 12.7. The summed E-state index contributed by atoms with van der Waals surface area (Å²) in [7, 11) is 0. The van der Waals surface area contributed by atoms with Crippen molar-refractivity contribution in [2.45, 2.75) is 13.5 Å². The summed E-state index contributed by atoms with van der Waals surface area (Å²) in [4.78, 5) is 8.76. The van der Waals surface area contributed by atoms with Gasteiger partial charge in [0.25, 0.3) is 0 Å². The van der Waals surface area contributed by atoms with Crippen LogP contribution in [0.25, 0.3) is 0 Å². The molecule has 1 rings (SSSR count). The van der Waals surface area contributed by atoms with Crippen LogP contribution in [0.4, 0.5) is 4.39 Å². The van der Waals surface area contributed by atoms with Gasteiger partial charge in [-0.3, -0.25) is 4.99 Å². The number of aliphatic imine (C=N–C) groups is 1. The van der Waals surface area contributed by atoms with Crippen molar-refractivity contribution in [3.63, 3.8) is 0 Å². The Labute approximate surface area is 88.3 Å². The normalized spacial score (nSPS) is 11.3. The number of oxime groups is 1. The van der Waals surface area contributed by atoms with Crippen LogP contribution in [0.2, 0.25) is 0 Å². The van der Waals surface area contributed by atoms with E-state index in [0.717, 1.165) is 5.56 Å². The van der Waals surface area contributed by atoms with Crippen LogP contribution in [0.1, 0.15) is 12.5 Å². The van der Waals surface area contributed by atoms with Crippen molar-refractivity contribution in [3.05, 3.63) is 35.6 Å². The van der Waals surface area contributed by atoms with Gasteiger partial charge in [-0.05, 0) is 24.6 Å². The molecule has 0 aliphatic heterocycles. The smallest absolute Gasteiger partial charge is 0.123 e. The van der Waals surface area contributed by atoms with Crippen molar-refractivity contribution in [3.8, 4) is 0 Å². The van der Waals surface area contributed by atoms with Crippen LogP contribution >= 0.6 is 0 Å². The van der Waals surface area contributed by atoms with Gasteiger partial charge in [0.15, 0.2) is 0 Å². The maximum absolute atomic E-state index is 12.7. The fraction of sp³-hybridized carbons (Fsp3) is 0.273. The quantitative estimate of drug-likeness (QED) is 0.540. The Morgan fingerprint density at radius 2 is 2.27 bits per heavy atom. The number of rotatable bonds is 5. The van der Waals surface area contributed by atoms with Gasteiger partial charge in [0, 0.05) is 6.21 Å². The van der Waals surface area contributed by atoms with E-state index in [1.54, 1.807) is 6.07 Å². The highest BCUT2D eigenvalue weighted by molar-refractivity contribution is 6.15. The van der Waals surface area contributed by atoms with Gasteiger partial charge in [-0.15, -0.1) is 0 Å². The molecule has 1 aromatic rings. The minimum atomic E-state index is -0.245. The van der Waals surface area contributed by atoms with Gasteiger partial charge < -0.3 is 4.84 Å².